The van der Waals surface area contributed by atoms with Gasteiger partial charge >= 0.3 is 0 Å². The van der Waals surface area contributed by atoms with Crippen LogP contribution in [0.25, 0.3) is 5.69 Å². The first-order chi connectivity index (χ1) is 9.00. The number of aromatic nitrogens is 2. The van der Waals surface area contributed by atoms with Gasteiger partial charge < -0.3 is 0 Å². The van der Waals surface area contributed by atoms with Gasteiger partial charge in [-0.25, -0.2) is 17.8 Å². The molecule has 1 aromatic heterocycles. The van der Waals surface area contributed by atoms with E-state index in [1.54, 1.807) is 24.7 Å². The maximum Gasteiger partial charge on any atom is 0.214 e. The molecule has 0 amide bonds. The molecule has 2 rings (SSSR count). The summed E-state index contributed by atoms with van der Waals surface area (Å²) >= 11 is 0. The molecule has 5 nitrogen and oxygen atoms in total. The zero-order valence-corrected chi connectivity index (χ0v) is 11.8. The van der Waals surface area contributed by atoms with Gasteiger partial charge in [0.15, 0.2) is 0 Å². The Labute approximate surface area is 113 Å². The lowest BCUT2D eigenvalue weighted by Crippen LogP contribution is -2.30. The minimum atomic E-state index is -3.26. The molecule has 0 saturated heterocycles. The Morgan fingerprint density at radius 2 is 2.00 bits per heavy atom. The van der Waals surface area contributed by atoms with E-state index in [0.29, 0.717) is 0 Å². The Kier molecular flexibility index (Phi) is 4.01. The molecule has 6 heteroatoms. The highest BCUT2D eigenvalue weighted by atomic mass is 32.2. The number of para-hydroxylation sites is 1. The third-order valence-electron chi connectivity index (χ3n) is 2.83. The van der Waals surface area contributed by atoms with Crippen LogP contribution in [0, 0.1) is 0 Å². The van der Waals surface area contributed by atoms with Gasteiger partial charge in [-0.3, -0.25) is 0 Å². The molecule has 0 spiro atoms. The molecule has 2 aromatic rings. The lowest BCUT2D eigenvalue weighted by atomic mass is 10.2. The zero-order valence-electron chi connectivity index (χ0n) is 10.9. The summed E-state index contributed by atoms with van der Waals surface area (Å²) in [7, 11) is -3.26. The molecule has 0 atom stereocenters. The van der Waals surface area contributed by atoms with Crippen LogP contribution in [-0.4, -0.2) is 23.4 Å². The van der Waals surface area contributed by atoms with E-state index in [1.165, 1.54) is 0 Å². The smallest absolute Gasteiger partial charge is 0.214 e. The average Bonchev–Trinajstić information content (AvgIpc) is 2.90. The van der Waals surface area contributed by atoms with Gasteiger partial charge in [0, 0.05) is 18.9 Å². The van der Waals surface area contributed by atoms with Gasteiger partial charge in [-0.05, 0) is 31.5 Å². The Hall–Kier alpha value is -1.66. The molecular formula is C13H17N3O2S. The van der Waals surface area contributed by atoms with Crippen LogP contribution in [0.1, 0.15) is 19.4 Å². The first kappa shape index (κ1) is 13.8. The number of benzene rings is 1. The Balaban J connectivity index is 2.23. The van der Waals surface area contributed by atoms with E-state index >= 15 is 0 Å². The lowest BCUT2D eigenvalue weighted by molar-refractivity contribution is 0.572. The zero-order chi connectivity index (χ0) is 13.9. The van der Waals surface area contributed by atoms with Crippen molar-refractivity contribution in [2.45, 2.75) is 25.6 Å². The molecule has 0 aliphatic carbocycles. The van der Waals surface area contributed by atoms with Gasteiger partial charge in [0.25, 0.3) is 0 Å². The number of hydrogen-bond acceptors (Lipinski definition) is 3. The van der Waals surface area contributed by atoms with Crippen molar-refractivity contribution in [1.82, 2.24) is 14.5 Å². The Morgan fingerprint density at radius 1 is 1.26 bits per heavy atom. The minimum absolute atomic E-state index is 0.260. The molecule has 0 bridgehead atoms. The van der Waals surface area contributed by atoms with Crippen LogP contribution >= 0.6 is 0 Å². The number of rotatable bonds is 5. The van der Waals surface area contributed by atoms with Crippen molar-refractivity contribution in [3.05, 3.63) is 48.3 Å². The second-order valence-corrected chi connectivity index (χ2v) is 6.82. The molecular weight excluding hydrogens is 262 g/mol. The van der Waals surface area contributed by atoms with E-state index < -0.39 is 15.3 Å². The lowest BCUT2D eigenvalue weighted by Gasteiger charge is -2.12. The maximum absolute atomic E-state index is 11.8. The van der Waals surface area contributed by atoms with Crippen LogP contribution in [0.15, 0.2) is 42.7 Å². The predicted molar refractivity (Wildman–Crippen MR) is 74.5 cm³/mol. The van der Waals surface area contributed by atoms with Crippen LogP contribution < -0.4 is 4.72 Å². The monoisotopic (exact) mass is 279 g/mol. The molecule has 0 saturated carbocycles. The number of nitrogens with zero attached hydrogens (tertiary/aromatic N) is 2. The fourth-order valence-corrected chi connectivity index (χ4v) is 2.33. The first-order valence-corrected chi connectivity index (χ1v) is 7.62. The van der Waals surface area contributed by atoms with Gasteiger partial charge in [0.2, 0.25) is 10.0 Å². The Morgan fingerprint density at radius 3 is 2.63 bits per heavy atom. The van der Waals surface area contributed by atoms with Crippen molar-refractivity contribution in [3.63, 3.8) is 0 Å². The third-order valence-corrected chi connectivity index (χ3v) is 4.62. The van der Waals surface area contributed by atoms with Crippen LogP contribution in [0.2, 0.25) is 0 Å². The topological polar surface area (TPSA) is 64.0 Å². The van der Waals surface area contributed by atoms with Gasteiger partial charge in [-0.2, -0.15) is 5.10 Å². The normalized spacial score (nSPS) is 11.9. The molecule has 1 N–H and O–H groups in total. The van der Waals surface area contributed by atoms with Crippen molar-refractivity contribution < 1.29 is 8.42 Å². The van der Waals surface area contributed by atoms with Crippen LogP contribution in [0.5, 0.6) is 0 Å². The van der Waals surface area contributed by atoms with Gasteiger partial charge in [-0.1, -0.05) is 18.2 Å². The molecule has 0 unspecified atom stereocenters. The predicted octanol–water partition coefficient (Wildman–Crippen LogP) is 1.70. The van der Waals surface area contributed by atoms with E-state index in [1.807, 2.05) is 36.5 Å². The van der Waals surface area contributed by atoms with Crippen LogP contribution in [0.4, 0.5) is 0 Å². The molecule has 0 aliphatic rings. The van der Waals surface area contributed by atoms with Crippen molar-refractivity contribution >= 4 is 10.0 Å². The van der Waals surface area contributed by atoms with Crippen molar-refractivity contribution in [2.75, 3.05) is 0 Å². The highest BCUT2D eigenvalue weighted by Crippen LogP contribution is 2.13. The standard InChI is InChI=1S/C13H17N3O2S/c1-11(2)19(17,18)15-10-12-6-3-4-7-13(12)16-9-5-8-14-16/h3-9,11,15H,10H2,1-2H3. The average molecular weight is 279 g/mol. The van der Waals surface area contributed by atoms with E-state index in [-0.39, 0.29) is 6.54 Å². The van der Waals surface area contributed by atoms with E-state index in [4.69, 9.17) is 0 Å². The molecule has 1 aromatic carbocycles. The minimum Gasteiger partial charge on any atom is -0.241 e. The van der Waals surface area contributed by atoms with Gasteiger partial charge in [-0.15, -0.1) is 0 Å². The summed E-state index contributed by atoms with van der Waals surface area (Å²) in [6.45, 7) is 3.57. The first-order valence-electron chi connectivity index (χ1n) is 6.07. The van der Waals surface area contributed by atoms with Crippen molar-refractivity contribution in [1.29, 1.82) is 0 Å². The number of hydrogen-bond donors (Lipinski definition) is 1. The largest absolute Gasteiger partial charge is 0.241 e. The number of sulfonamides is 1. The summed E-state index contributed by atoms with van der Waals surface area (Å²) in [6.07, 6.45) is 3.52. The van der Waals surface area contributed by atoms with Crippen molar-refractivity contribution in [2.24, 2.45) is 0 Å². The summed E-state index contributed by atoms with van der Waals surface area (Å²) in [5.74, 6) is 0. The highest BCUT2D eigenvalue weighted by molar-refractivity contribution is 7.90. The van der Waals surface area contributed by atoms with E-state index in [0.717, 1.165) is 11.3 Å². The summed E-state index contributed by atoms with van der Waals surface area (Å²) in [4.78, 5) is 0. The molecule has 102 valence electrons. The summed E-state index contributed by atoms with van der Waals surface area (Å²) in [6, 6.07) is 9.41. The quantitative estimate of drug-likeness (QED) is 0.906. The van der Waals surface area contributed by atoms with Gasteiger partial charge in [0.05, 0.1) is 10.9 Å². The number of nitrogens with one attached hydrogen (secondary N) is 1. The fraction of sp³-hybridized carbons (Fsp3) is 0.308. The second kappa shape index (κ2) is 5.54. The third kappa shape index (κ3) is 3.21. The summed E-state index contributed by atoms with van der Waals surface area (Å²) < 4.78 is 27.9. The molecule has 0 fully saturated rings. The van der Waals surface area contributed by atoms with Crippen LogP contribution in [-0.2, 0) is 16.6 Å². The van der Waals surface area contributed by atoms with Gasteiger partial charge in [0.1, 0.15) is 0 Å². The maximum atomic E-state index is 11.8. The fourth-order valence-electron chi connectivity index (χ4n) is 1.64. The second-order valence-electron chi connectivity index (χ2n) is 4.49. The van der Waals surface area contributed by atoms with Crippen molar-refractivity contribution in [3.8, 4) is 5.69 Å². The Bertz CT molecular complexity index is 634. The van der Waals surface area contributed by atoms with E-state index in [9.17, 15) is 8.42 Å². The molecule has 0 aliphatic heterocycles. The molecule has 1 heterocycles. The highest BCUT2D eigenvalue weighted by Gasteiger charge is 2.15. The summed E-state index contributed by atoms with van der Waals surface area (Å²) in [5.41, 5.74) is 1.76. The van der Waals surface area contributed by atoms with Crippen LogP contribution in [0.3, 0.4) is 0 Å². The molecule has 19 heavy (non-hydrogen) atoms. The summed E-state index contributed by atoms with van der Waals surface area (Å²) in [5, 5.41) is 3.73. The SMILES string of the molecule is CC(C)S(=O)(=O)NCc1ccccc1-n1cccn1. The van der Waals surface area contributed by atoms with E-state index in [2.05, 4.69) is 9.82 Å². The molecule has 0 radical (unpaired) electrons.